The highest BCUT2D eigenvalue weighted by atomic mass is 16.5. The molecule has 0 aromatic carbocycles. The van der Waals surface area contributed by atoms with Crippen LogP contribution >= 0.6 is 0 Å². The Kier molecular flexibility index (Phi) is 5.11. The molecule has 0 radical (unpaired) electrons. The topological polar surface area (TPSA) is 89.9 Å². The van der Waals surface area contributed by atoms with Crippen molar-refractivity contribution < 1.29 is 9.53 Å². The maximum absolute atomic E-state index is 12.6. The first-order valence-electron chi connectivity index (χ1n) is 8.80. The molecule has 0 aliphatic carbocycles. The van der Waals surface area contributed by atoms with Gasteiger partial charge in [0.2, 0.25) is 0 Å². The van der Waals surface area contributed by atoms with Gasteiger partial charge < -0.3 is 10.1 Å². The molecular formula is C20H19N5O2. The molecule has 1 N–H and O–H groups in total. The molecule has 3 aromatic heterocycles. The summed E-state index contributed by atoms with van der Waals surface area (Å²) < 4.78 is 5.59. The molecule has 27 heavy (non-hydrogen) atoms. The van der Waals surface area contributed by atoms with Crippen molar-refractivity contribution in [1.82, 2.24) is 25.3 Å². The summed E-state index contributed by atoms with van der Waals surface area (Å²) >= 11 is 0. The van der Waals surface area contributed by atoms with E-state index < -0.39 is 0 Å². The van der Waals surface area contributed by atoms with Crippen LogP contribution in [0.1, 0.15) is 15.9 Å². The van der Waals surface area contributed by atoms with Gasteiger partial charge in [0.1, 0.15) is 5.69 Å². The van der Waals surface area contributed by atoms with Crippen LogP contribution in [0.5, 0.6) is 0 Å². The van der Waals surface area contributed by atoms with E-state index in [1.54, 1.807) is 18.6 Å². The van der Waals surface area contributed by atoms with Crippen LogP contribution in [0.25, 0.3) is 11.5 Å². The van der Waals surface area contributed by atoms with Crippen molar-refractivity contribution in [1.29, 1.82) is 0 Å². The molecule has 0 bridgehead atoms. The molecule has 136 valence electrons. The van der Waals surface area contributed by atoms with E-state index in [0.29, 0.717) is 30.3 Å². The van der Waals surface area contributed by atoms with Crippen molar-refractivity contribution in [2.75, 3.05) is 13.2 Å². The zero-order valence-corrected chi connectivity index (χ0v) is 14.7. The fourth-order valence-corrected chi connectivity index (χ4v) is 3.11. The van der Waals surface area contributed by atoms with Gasteiger partial charge in [0.25, 0.3) is 5.91 Å². The van der Waals surface area contributed by atoms with Crippen LogP contribution in [0, 0.1) is 5.92 Å². The zero-order chi connectivity index (χ0) is 18.5. The normalized spacial score (nSPS) is 19.0. The van der Waals surface area contributed by atoms with E-state index in [-0.39, 0.29) is 17.9 Å². The Morgan fingerprint density at radius 1 is 1.04 bits per heavy atom. The number of carbonyl (C=O) groups is 1. The van der Waals surface area contributed by atoms with E-state index in [0.717, 1.165) is 6.42 Å². The molecule has 1 aliphatic heterocycles. The minimum atomic E-state index is -0.196. The molecule has 2 atom stereocenters. The summed E-state index contributed by atoms with van der Waals surface area (Å²) in [4.78, 5) is 29.3. The maximum atomic E-state index is 12.6. The average molecular weight is 361 g/mol. The van der Waals surface area contributed by atoms with Crippen molar-refractivity contribution >= 4 is 5.91 Å². The molecule has 0 spiro atoms. The third kappa shape index (κ3) is 4.15. The summed E-state index contributed by atoms with van der Waals surface area (Å²) in [7, 11) is 0. The summed E-state index contributed by atoms with van der Waals surface area (Å²) in [6.45, 7) is 1.14. The monoisotopic (exact) mass is 361 g/mol. The average Bonchev–Trinajstić information content (AvgIpc) is 3.16. The van der Waals surface area contributed by atoms with Gasteiger partial charge in [-0.1, -0.05) is 6.07 Å². The minimum Gasteiger partial charge on any atom is -0.379 e. The lowest BCUT2D eigenvalue weighted by atomic mass is 9.95. The Morgan fingerprint density at radius 2 is 1.85 bits per heavy atom. The molecule has 3 aromatic rings. The number of hydrogen-bond donors (Lipinski definition) is 1. The van der Waals surface area contributed by atoms with Crippen LogP contribution in [-0.4, -0.2) is 45.1 Å². The van der Waals surface area contributed by atoms with Gasteiger partial charge in [-0.3, -0.25) is 14.8 Å². The van der Waals surface area contributed by atoms with Crippen LogP contribution in [0.2, 0.25) is 0 Å². The summed E-state index contributed by atoms with van der Waals surface area (Å²) in [5.41, 5.74) is 2.28. The Bertz CT molecular complexity index is 887. The van der Waals surface area contributed by atoms with E-state index in [9.17, 15) is 4.79 Å². The molecule has 7 nitrogen and oxygen atoms in total. The number of nitrogens with zero attached hydrogens (tertiary/aromatic N) is 4. The molecule has 0 unspecified atom stereocenters. The van der Waals surface area contributed by atoms with Crippen molar-refractivity contribution in [2.45, 2.75) is 12.5 Å². The SMILES string of the molecule is O=C(N[C@H]1COC[C@H]1Cc1ccncc1)c1cnc(-c2ccccn2)nc1. The van der Waals surface area contributed by atoms with Crippen molar-refractivity contribution in [2.24, 2.45) is 5.92 Å². The van der Waals surface area contributed by atoms with Crippen molar-refractivity contribution in [3.63, 3.8) is 0 Å². The second-order valence-electron chi connectivity index (χ2n) is 6.45. The third-order valence-corrected chi connectivity index (χ3v) is 4.57. The van der Waals surface area contributed by atoms with Crippen LogP contribution in [-0.2, 0) is 11.2 Å². The third-order valence-electron chi connectivity index (χ3n) is 4.57. The first-order chi connectivity index (χ1) is 13.3. The molecule has 4 heterocycles. The lowest BCUT2D eigenvalue weighted by Crippen LogP contribution is -2.40. The number of amides is 1. The van der Waals surface area contributed by atoms with Gasteiger partial charge in [-0.05, 0) is 36.2 Å². The number of rotatable bonds is 5. The van der Waals surface area contributed by atoms with Crippen LogP contribution in [0.15, 0.2) is 61.3 Å². The molecule has 1 saturated heterocycles. The van der Waals surface area contributed by atoms with Gasteiger partial charge in [0.15, 0.2) is 5.82 Å². The standard InChI is InChI=1S/C20H19N5O2/c26-20(16-10-23-19(24-11-16)17-3-1-2-6-22-17)25-18-13-27-12-15(18)9-14-4-7-21-8-5-14/h1-8,10-11,15,18H,9,12-13H2,(H,25,26)/t15-,18+/m1/s1. The van der Waals surface area contributed by atoms with E-state index in [1.807, 2.05) is 30.3 Å². The van der Waals surface area contributed by atoms with E-state index in [1.165, 1.54) is 18.0 Å². The second-order valence-corrected chi connectivity index (χ2v) is 6.45. The van der Waals surface area contributed by atoms with Crippen LogP contribution in [0.3, 0.4) is 0 Å². The number of carbonyl (C=O) groups excluding carboxylic acids is 1. The summed E-state index contributed by atoms with van der Waals surface area (Å²) in [5.74, 6) is 0.523. The molecule has 7 heteroatoms. The molecular weight excluding hydrogens is 342 g/mol. The van der Waals surface area contributed by atoms with Crippen LogP contribution in [0.4, 0.5) is 0 Å². The van der Waals surface area contributed by atoms with Gasteiger partial charge in [-0.2, -0.15) is 0 Å². The maximum Gasteiger partial charge on any atom is 0.254 e. The molecule has 1 aliphatic rings. The van der Waals surface area contributed by atoms with Crippen molar-refractivity contribution in [3.05, 3.63) is 72.4 Å². The summed E-state index contributed by atoms with van der Waals surface area (Å²) in [6.07, 6.45) is 9.13. The number of pyridine rings is 2. The first-order valence-corrected chi connectivity index (χ1v) is 8.80. The Morgan fingerprint density at radius 3 is 2.59 bits per heavy atom. The van der Waals surface area contributed by atoms with Crippen molar-refractivity contribution in [3.8, 4) is 11.5 Å². The highest BCUT2D eigenvalue weighted by Gasteiger charge is 2.30. The first kappa shape index (κ1) is 17.2. The molecule has 1 amide bonds. The minimum absolute atomic E-state index is 0.0406. The lowest BCUT2D eigenvalue weighted by Gasteiger charge is -2.19. The predicted octanol–water partition coefficient (Wildman–Crippen LogP) is 1.92. The Labute approximate surface area is 156 Å². The second kappa shape index (κ2) is 8.01. The van der Waals surface area contributed by atoms with Gasteiger partial charge in [-0.25, -0.2) is 9.97 Å². The van der Waals surface area contributed by atoms with Crippen LogP contribution < -0.4 is 5.32 Å². The molecule has 1 fully saturated rings. The summed E-state index contributed by atoms with van der Waals surface area (Å²) in [5, 5.41) is 3.05. The van der Waals surface area contributed by atoms with Gasteiger partial charge in [0.05, 0.1) is 24.8 Å². The fourth-order valence-electron chi connectivity index (χ4n) is 3.11. The van der Waals surface area contributed by atoms with Gasteiger partial charge in [0, 0.05) is 36.9 Å². The highest BCUT2D eigenvalue weighted by Crippen LogP contribution is 2.19. The molecule has 4 rings (SSSR count). The van der Waals surface area contributed by atoms with Gasteiger partial charge >= 0.3 is 0 Å². The van der Waals surface area contributed by atoms with E-state index in [4.69, 9.17) is 4.74 Å². The number of hydrogen-bond acceptors (Lipinski definition) is 6. The zero-order valence-electron chi connectivity index (χ0n) is 14.7. The van der Waals surface area contributed by atoms with E-state index >= 15 is 0 Å². The number of nitrogens with one attached hydrogen (secondary N) is 1. The summed E-state index contributed by atoms with van der Waals surface area (Å²) in [6, 6.07) is 9.46. The van der Waals surface area contributed by atoms with Gasteiger partial charge in [-0.15, -0.1) is 0 Å². The molecule has 0 saturated carbocycles. The predicted molar refractivity (Wildman–Crippen MR) is 98.8 cm³/mol. The largest absolute Gasteiger partial charge is 0.379 e. The fraction of sp³-hybridized carbons (Fsp3) is 0.250. The number of ether oxygens (including phenoxy) is 1. The lowest BCUT2D eigenvalue weighted by molar-refractivity contribution is 0.0924. The highest BCUT2D eigenvalue weighted by molar-refractivity contribution is 5.93. The number of aromatic nitrogens is 4. The Balaban J connectivity index is 1.41. The smallest absolute Gasteiger partial charge is 0.254 e. The Hall–Kier alpha value is -3.19. The van der Waals surface area contributed by atoms with E-state index in [2.05, 4.69) is 25.3 Å². The quantitative estimate of drug-likeness (QED) is 0.747.